The molecule has 0 fully saturated rings. The van der Waals surface area contributed by atoms with Gasteiger partial charge in [0.15, 0.2) is 0 Å². The molecule has 0 aromatic rings. The zero-order valence-electron chi connectivity index (χ0n) is 11.3. The molecule has 0 bridgehead atoms. The third-order valence-electron chi connectivity index (χ3n) is 2.37. The van der Waals surface area contributed by atoms with Gasteiger partial charge in [0.2, 0.25) is 5.91 Å². The van der Waals surface area contributed by atoms with Gasteiger partial charge in [-0.15, -0.1) is 0 Å². The highest BCUT2D eigenvalue weighted by Gasteiger charge is 1.99. The molecule has 0 aromatic heterocycles. The third-order valence-corrected chi connectivity index (χ3v) is 3.12. The summed E-state index contributed by atoms with van der Waals surface area (Å²) in [6.45, 7) is 2.92. The van der Waals surface area contributed by atoms with E-state index in [0.717, 1.165) is 12.8 Å². The van der Waals surface area contributed by atoms with Crippen LogP contribution in [0.15, 0.2) is 4.36 Å². The third kappa shape index (κ3) is 13.4. The van der Waals surface area contributed by atoms with Crippen molar-refractivity contribution in [2.45, 2.75) is 45.4 Å². The fourth-order valence-corrected chi connectivity index (χ4v) is 1.83. The predicted octanol–water partition coefficient (Wildman–Crippen LogP) is 2.19. The molecule has 0 unspecified atom stereocenters. The maximum absolute atomic E-state index is 11.3. The van der Waals surface area contributed by atoms with Crippen molar-refractivity contribution in [3.63, 3.8) is 0 Å². The lowest BCUT2D eigenvalue weighted by Gasteiger charge is -2.03. The van der Waals surface area contributed by atoms with E-state index >= 15 is 0 Å². The molecule has 5 heteroatoms. The van der Waals surface area contributed by atoms with E-state index in [0.29, 0.717) is 6.54 Å². The Hall–Kier alpha value is -0.580. The first kappa shape index (κ1) is 16.4. The Balaban J connectivity index is 3.43. The molecule has 4 nitrogen and oxygen atoms in total. The van der Waals surface area contributed by atoms with Gasteiger partial charge in [-0.25, -0.2) is 4.36 Å². The average Bonchev–Trinajstić information content (AvgIpc) is 2.24. The van der Waals surface area contributed by atoms with E-state index in [-0.39, 0.29) is 12.5 Å². The number of carbonyl (C=O) groups is 1. The number of hydrogen-bond donors (Lipinski definition) is 1. The summed E-state index contributed by atoms with van der Waals surface area (Å²) in [6.07, 6.45) is 10.3. The van der Waals surface area contributed by atoms with Gasteiger partial charge in [0.25, 0.3) is 0 Å². The number of unbranched alkanes of at least 4 members (excludes halogenated alkanes) is 5. The molecular formula is C12H26N2O2S. The number of nitrogens with one attached hydrogen (secondary N) is 1. The number of nitrogens with zero attached hydrogens (tertiary/aromatic N) is 1. The van der Waals surface area contributed by atoms with Crippen molar-refractivity contribution in [1.82, 2.24) is 5.32 Å². The van der Waals surface area contributed by atoms with Crippen LogP contribution in [0.25, 0.3) is 0 Å². The van der Waals surface area contributed by atoms with Gasteiger partial charge in [-0.05, 0) is 6.42 Å². The Morgan fingerprint density at radius 1 is 1.12 bits per heavy atom. The van der Waals surface area contributed by atoms with Crippen molar-refractivity contribution in [2.75, 3.05) is 25.6 Å². The normalized spacial score (nSPS) is 11.2. The second kappa shape index (κ2) is 9.45. The quantitative estimate of drug-likeness (QED) is 0.648. The summed E-state index contributed by atoms with van der Waals surface area (Å²) in [5.41, 5.74) is 0. The van der Waals surface area contributed by atoms with Crippen molar-refractivity contribution in [1.29, 1.82) is 0 Å². The Kier molecular flexibility index (Phi) is 9.13. The van der Waals surface area contributed by atoms with Crippen molar-refractivity contribution in [3.8, 4) is 0 Å². The second-order valence-corrected chi connectivity index (χ2v) is 7.21. The highest BCUT2D eigenvalue weighted by Crippen LogP contribution is 2.03. The van der Waals surface area contributed by atoms with Gasteiger partial charge >= 0.3 is 0 Å². The van der Waals surface area contributed by atoms with Crippen LogP contribution in [0.4, 0.5) is 0 Å². The zero-order chi connectivity index (χ0) is 13.1. The van der Waals surface area contributed by atoms with Crippen LogP contribution in [-0.4, -0.2) is 35.7 Å². The van der Waals surface area contributed by atoms with E-state index in [4.69, 9.17) is 0 Å². The molecule has 0 aliphatic heterocycles. The van der Waals surface area contributed by atoms with E-state index in [1.807, 2.05) is 0 Å². The summed E-state index contributed by atoms with van der Waals surface area (Å²) < 4.78 is 15.0. The first-order valence-electron chi connectivity index (χ1n) is 6.35. The van der Waals surface area contributed by atoms with E-state index in [9.17, 15) is 9.00 Å². The molecule has 0 atom stereocenters. The van der Waals surface area contributed by atoms with Gasteiger partial charge < -0.3 is 5.32 Å². The summed E-state index contributed by atoms with van der Waals surface area (Å²) in [4.78, 5) is 11.3. The number of carbonyl (C=O) groups excluding carboxylic acids is 1. The topological polar surface area (TPSA) is 58.5 Å². The zero-order valence-corrected chi connectivity index (χ0v) is 12.1. The van der Waals surface area contributed by atoms with Gasteiger partial charge in [0.1, 0.15) is 6.54 Å². The van der Waals surface area contributed by atoms with Gasteiger partial charge in [0.05, 0.1) is 0 Å². The molecule has 1 N–H and O–H groups in total. The second-order valence-electron chi connectivity index (χ2n) is 4.59. The molecule has 0 aliphatic carbocycles. The van der Waals surface area contributed by atoms with Gasteiger partial charge in [0, 0.05) is 28.8 Å². The Bertz CT molecular complexity index is 312. The minimum absolute atomic E-state index is 0.0155. The van der Waals surface area contributed by atoms with Gasteiger partial charge in [-0.1, -0.05) is 39.0 Å². The molecule has 0 spiro atoms. The highest BCUT2D eigenvalue weighted by atomic mass is 32.2. The van der Waals surface area contributed by atoms with Crippen LogP contribution >= 0.6 is 0 Å². The van der Waals surface area contributed by atoms with E-state index in [2.05, 4.69) is 16.6 Å². The summed E-state index contributed by atoms with van der Waals surface area (Å²) in [7, 11) is -2.15. The van der Waals surface area contributed by atoms with Crippen molar-refractivity contribution in [2.24, 2.45) is 4.36 Å². The van der Waals surface area contributed by atoms with Crippen LogP contribution in [0, 0.1) is 0 Å². The van der Waals surface area contributed by atoms with Crippen LogP contribution in [0.2, 0.25) is 0 Å². The fraction of sp³-hybridized carbons (Fsp3) is 0.917. The summed E-state index contributed by atoms with van der Waals surface area (Å²) >= 11 is 0. The molecule has 1 amide bonds. The van der Waals surface area contributed by atoms with E-state index < -0.39 is 9.73 Å². The molecule has 102 valence electrons. The molecule has 0 heterocycles. The lowest BCUT2D eigenvalue weighted by Crippen LogP contribution is -2.27. The van der Waals surface area contributed by atoms with Gasteiger partial charge in [-0.3, -0.25) is 9.00 Å². The molecule has 0 saturated heterocycles. The van der Waals surface area contributed by atoms with Crippen LogP contribution in [0.3, 0.4) is 0 Å². The number of hydrogen-bond acceptors (Lipinski definition) is 3. The SMILES string of the molecule is CCCCCCCCNC(=O)CN=S(C)(C)=O. The Morgan fingerprint density at radius 2 is 1.71 bits per heavy atom. The number of rotatable bonds is 9. The fourth-order valence-electron chi connectivity index (χ4n) is 1.40. The largest absolute Gasteiger partial charge is 0.354 e. The smallest absolute Gasteiger partial charge is 0.242 e. The van der Waals surface area contributed by atoms with Crippen LogP contribution < -0.4 is 5.32 Å². The van der Waals surface area contributed by atoms with E-state index in [1.54, 1.807) is 0 Å². The summed E-state index contributed by atoms with van der Waals surface area (Å²) in [5.74, 6) is -0.130. The monoisotopic (exact) mass is 262 g/mol. The molecule has 0 radical (unpaired) electrons. The van der Waals surface area contributed by atoms with Crippen molar-refractivity contribution >= 4 is 15.6 Å². The average molecular weight is 262 g/mol. The minimum atomic E-state index is -2.15. The molecule has 17 heavy (non-hydrogen) atoms. The maximum atomic E-state index is 11.3. The van der Waals surface area contributed by atoms with E-state index in [1.165, 1.54) is 38.2 Å². The molecule has 0 rings (SSSR count). The molecule has 0 aromatic carbocycles. The standard InChI is InChI=1S/C12H26N2O2S/c1-4-5-6-7-8-9-10-13-12(15)11-14-17(2,3)16/h4-11H2,1-3H3,(H,13,15). The number of amides is 1. The molecule has 0 saturated carbocycles. The highest BCUT2D eigenvalue weighted by molar-refractivity contribution is 7.92. The van der Waals surface area contributed by atoms with Crippen LogP contribution in [0.5, 0.6) is 0 Å². The summed E-state index contributed by atoms with van der Waals surface area (Å²) in [5, 5.41) is 2.79. The predicted molar refractivity (Wildman–Crippen MR) is 73.7 cm³/mol. The van der Waals surface area contributed by atoms with Gasteiger partial charge in [-0.2, -0.15) is 0 Å². The molecular weight excluding hydrogens is 236 g/mol. The first-order chi connectivity index (χ1) is 7.95. The van der Waals surface area contributed by atoms with Crippen LogP contribution in [-0.2, 0) is 14.5 Å². The maximum Gasteiger partial charge on any atom is 0.242 e. The Labute approximate surface area is 106 Å². The minimum Gasteiger partial charge on any atom is -0.354 e. The van der Waals surface area contributed by atoms with Crippen molar-refractivity contribution in [3.05, 3.63) is 0 Å². The summed E-state index contributed by atoms with van der Waals surface area (Å²) in [6, 6.07) is 0. The molecule has 0 aliphatic rings. The van der Waals surface area contributed by atoms with Crippen molar-refractivity contribution < 1.29 is 9.00 Å². The Morgan fingerprint density at radius 3 is 2.29 bits per heavy atom. The van der Waals surface area contributed by atoms with Crippen LogP contribution in [0.1, 0.15) is 45.4 Å². The lowest BCUT2D eigenvalue weighted by molar-refractivity contribution is -0.119. The first-order valence-corrected chi connectivity index (χ1v) is 8.68. The lowest BCUT2D eigenvalue weighted by atomic mass is 10.1.